The summed E-state index contributed by atoms with van der Waals surface area (Å²) in [5.74, 6) is 1.22. The minimum absolute atomic E-state index is 0.131. The summed E-state index contributed by atoms with van der Waals surface area (Å²) in [5.41, 5.74) is 14.6. The van der Waals surface area contributed by atoms with Gasteiger partial charge in [-0.25, -0.2) is 0 Å². The first-order valence-corrected chi connectivity index (χ1v) is 19.8. The van der Waals surface area contributed by atoms with Gasteiger partial charge in [-0.2, -0.15) is 0 Å². The molecule has 8 aromatic rings. The van der Waals surface area contributed by atoms with Crippen LogP contribution in [0.4, 0.5) is 11.4 Å². The van der Waals surface area contributed by atoms with Crippen LogP contribution in [0.25, 0.3) is 49.4 Å². The Morgan fingerprint density at radius 2 is 1.50 bits per heavy atom. The first-order chi connectivity index (χ1) is 26.8. The quantitative estimate of drug-likeness (QED) is 0.187. The first kappa shape index (κ1) is 31.5. The van der Waals surface area contributed by atoms with Crippen molar-refractivity contribution < 1.29 is 4.42 Å². The predicted molar refractivity (Wildman–Crippen MR) is 226 cm³/mol. The van der Waals surface area contributed by atoms with Crippen molar-refractivity contribution in [3.05, 3.63) is 186 Å². The third-order valence-electron chi connectivity index (χ3n) is 12.4. The molecular weight excluding hydrogens is 657 g/mol. The van der Waals surface area contributed by atoms with Crippen LogP contribution in [0.1, 0.15) is 72.6 Å². The number of nitrogens with one attached hydrogen (secondary N) is 1. The maximum atomic E-state index is 6.36. The van der Waals surface area contributed by atoms with Gasteiger partial charge in [-0.05, 0) is 96.2 Å². The lowest BCUT2D eigenvalue weighted by Gasteiger charge is -2.39. The fourth-order valence-corrected chi connectivity index (χ4v) is 10.00. The number of H-pyrrole nitrogens is 1. The lowest BCUT2D eigenvalue weighted by atomic mass is 9.70. The van der Waals surface area contributed by atoms with Gasteiger partial charge in [0.05, 0.1) is 11.2 Å². The molecule has 3 unspecified atom stereocenters. The molecule has 0 radical (unpaired) electrons. The number of para-hydroxylation sites is 2. The van der Waals surface area contributed by atoms with E-state index in [1.54, 1.807) is 0 Å². The second kappa shape index (κ2) is 12.8. The third kappa shape index (κ3) is 5.02. The molecule has 0 aliphatic heterocycles. The molecule has 2 heterocycles. The molecule has 1 N–H and O–H groups in total. The van der Waals surface area contributed by atoms with Gasteiger partial charge < -0.3 is 14.3 Å². The molecule has 6 aromatic carbocycles. The summed E-state index contributed by atoms with van der Waals surface area (Å²) in [6.07, 6.45) is 17.0. The average molecular weight is 699 g/mol. The van der Waals surface area contributed by atoms with Crippen LogP contribution in [0, 0.1) is 5.92 Å². The van der Waals surface area contributed by atoms with Gasteiger partial charge in [0.15, 0.2) is 0 Å². The zero-order valence-electron chi connectivity index (χ0n) is 30.3. The molecule has 54 heavy (non-hydrogen) atoms. The molecule has 1 fully saturated rings. The van der Waals surface area contributed by atoms with E-state index in [1.165, 1.54) is 81.2 Å². The van der Waals surface area contributed by atoms with E-state index in [0.717, 1.165) is 46.0 Å². The van der Waals surface area contributed by atoms with Crippen LogP contribution in [-0.4, -0.2) is 4.98 Å². The van der Waals surface area contributed by atoms with Gasteiger partial charge in [0.1, 0.15) is 11.2 Å². The highest BCUT2D eigenvalue weighted by Crippen LogP contribution is 2.51. The number of furan rings is 1. The summed E-state index contributed by atoms with van der Waals surface area (Å²) in [6, 6.07) is 49.1. The van der Waals surface area contributed by atoms with Crippen molar-refractivity contribution in [2.45, 2.75) is 50.4 Å². The van der Waals surface area contributed by atoms with E-state index in [4.69, 9.17) is 4.42 Å². The largest absolute Gasteiger partial charge is 0.456 e. The van der Waals surface area contributed by atoms with Gasteiger partial charge >= 0.3 is 0 Å². The molecule has 0 saturated heterocycles. The maximum Gasteiger partial charge on any atom is 0.135 e. The van der Waals surface area contributed by atoms with Crippen molar-refractivity contribution in [1.82, 2.24) is 4.98 Å². The number of hydrogen-bond acceptors (Lipinski definition) is 2. The van der Waals surface area contributed by atoms with Crippen LogP contribution in [0.15, 0.2) is 168 Å². The van der Waals surface area contributed by atoms with Gasteiger partial charge in [0.2, 0.25) is 0 Å². The summed E-state index contributed by atoms with van der Waals surface area (Å²) < 4.78 is 6.36. The lowest BCUT2D eigenvalue weighted by Crippen LogP contribution is -2.26. The fourth-order valence-electron chi connectivity index (χ4n) is 10.00. The van der Waals surface area contributed by atoms with Crippen molar-refractivity contribution in [3.63, 3.8) is 0 Å². The number of fused-ring (bicyclic) bond motifs is 9. The monoisotopic (exact) mass is 698 g/mol. The third-order valence-corrected chi connectivity index (χ3v) is 12.4. The highest BCUT2D eigenvalue weighted by Gasteiger charge is 2.35. The van der Waals surface area contributed by atoms with Gasteiger partial charge in [-0.3, -0.25) is 0 Å². The highest BCUT2D eigenvalue weighted by molar-refractivity contribution is 6.17. The molecule has 3 aliphatic carbocycles. The second-order valence-electron chi connectivity index (χ2n) is 15.4. The second-order valence-corrected chi connectivity index (χ2v) is 15.4. The SMILES string of the molecule is C1=CC(C(c2ccccc2)c2cccc3c2[nH]c2cccc(N(C4=CC5CCCCC5c5ccccc54)c4ccc5oc6ccccc6c5c4)c23)=CCC1. The highest BCUT2D eigenvalue weighted by atomic mass is 16.3. The molecule has 0 amide bonds. The summed E-state index contributed by atoms with van der Waals surface area (Å²) >= 11 is 0. The summed E-state index contributed by atoms with van der Waals surface area (Å²) in [4.78, 5) is 6.55. The molecule has 3 aliphatic rings. The number of benzene rings is 6. The van der Waals surface area contributed by atoms with E-state index < -0.39 is 0 Å². The lowest BCUT2D eigenvalue weighted by molar-refractivity contribution is 0.358. The van der Waals surface area contributed by atoms with Crippen LogP contribution < -0.4 is 4.90 Å². The Bertz CT molecular complexity index is 2810. The molecule has 3 atom stereocenters. The van der Waals surface area contributed by atoms with E-state index in [2.05, 4.69) is 168 Å². The smallest absolute Gasteiger partial charge is 0.135 e. The van der Waals surface area contributed by atoms with E-state index in [-0.39, 0.29) is 5.92 Å². The molecule has 3 heteroatoms. The predicted octanol–water partition coefficient (Wildman–Crippen LogP) is 14.1. The van der Waals surface area contributed by atoms with Crippen LogP contribution in [0.3, 0.4) is 0 Å². The maximum absolute atomic E-state index is 6.36. The van der Waals surface area contributed by atoms with Gasteiger partial charge in [0, 0.05) is 49.9 Å². The Balaban J connectivity index is 1.18. The number of aromatic amines is 1. The fraction of sp³-hybridized carbons (Fsp3) is 0.176. The van der Waals surface area contributed by atoms with Crippen LogP contribution in [0.2, 0.25) is 0 Å². The van der Waals surface area contributed by atoms with Crippen molar-refractivity contribution in [1.29, 1.82) is 0 Å². The molecule has 0 bridgehead atoms. The van der Waals surface area contributed by atoms with Crippen molar-refractivity contribution in [2.75, 3.05) is 4.90 Å². The minimum atomic E-state index is 0.131. The van der Waals surface area contributed by atoms with E-state index in [1.807, 2.05) is 0 Å². The standard InChI is InChI=1S/C51H42N2O/c1-3-15-33(16-4-1)49(34-17-5-2-6-18-34)41-24-13-25-42-50-44(52-51(41)42)26-14-27-45(50)53(36-29-30-48-43(32-36)40-23-11-12-28-47(40)54-48)46-31-35-19-7-8-20-37(35)38-21-9-10-22-39(38)46/h1,3-5,9-18,21-32,35,37,49,52H,2,6-8,19-20H2. The van der Waals surface area contributed by atoms with E-state index >= 15 is 0 Å². The van der Waals surface area contributed by atoms with E-state index in [0.29, 0.717) is 11.8 Å². The van der Waals surface area contributed by atoms with Crippen molar-refractivity contribution >= 4 is 60.8 Å². The van der Waals surface area contributed by atoms with E-state index in [9.17, 15) is 0 Å². The number of nitrogens with zero attached hydrogens (tertiary/aromatic N) is 1. The zero-order chi connectivity index (χ0) is 35.6. The Hall–Kier alpha value is -6.06. The molecule has 0 spiro atoms. The van der Waals surface area contributed by atoms with Crippen LogP contribution in [0.5, 0.6) is 0 Å². The molecule has 3 nitrogen and oxygen atoms in total. The Morgan fingerprint density at radius 3 is 2.43 bits per heavy atom. The molecule has 11 rings (SSSR count). The first-order valence-electron chi connectivity index (χ1n) is 19.8. The summed E-state index contributed by atoms with van der Waals surface area (Å²) in [6.45, 7) is 0. The topological polar surface area (TPSA) is 32.2 Å². The Kier molecular flexibility index (Phi) is 7.46. The number of allylic oxidation sites excluding steroid dienone is 5. The molecule has 262 valence electrons. The molecular formula is C51H42N2O. The van der Waals surface area contributed by atoms with Crippen LogP contribution in [-0.2, 0) is 0 Å². The van der Waals surface area contributed by atoms with Gasteiger partial charge in [-0.15, -0.1) is 0 Å². The Morgan fingerprint density at radius 1 is 0.685 bits per heavy atom. The summed E-state index contributed by atoms with van der Waals surface area (Å²) in [5, 5.41) is 4.78. The molecule has 2 aromatic heterocycles. The Labute approximate surface area is 315 Å². The number of hydrogen-bond donors (Lipinski definition) is 1. The number of anilines is 2. The van der Waals surface area contributed by atoms with Crippen LogP contribution >= 0.6 is 0 Å². The van der Waals surface area contributed by atoms with Crippen molar-refractivity contribution in [3.8, 4) is 0 Å². The zero-order valence-corrected chi connectivity index (χ0v) is 30.3. The number of aromatic nitrogens is 1. The van der Waals surface area contributed by atoms with Crippen molar-refractivity contribution in [2.24, 2.45) is 5.92 Å². The normalized spacial score (nSPS) is 18.7. The van der Waals surface area contributed by atoms with Gasteiger partial charge in [-0.1, -0.05) is 134 Å². The van der Waals surface area contributed by atoms with Gasteiger partial charge in [0.25, 0.3) is 0 Å². The minimum Gasteiger partial charge on any atom is -0.456 e. The summed E-state index contributed by atoms with van der Waals surface area (Å²) in [7, 11) is 0. The molecule has 1 saturated carbocycles. The average Bonchev–Trinajstić information content (AvgIpc) is 3.81. The number of rotatable bonds is 6.